The van der Waals surface area contributed by atoms with Crippen molar-refractivity contribution in [2.75, 3.05) is 14.2 Å². The summed E-state index contributed by atoms with van der Waals surface area (Å²) in [7, 11) is 3.32. The first-order valence-electron chi connectivity index (χ1n) is 6.14. The van der Waals surface area contributed by atoms with Gasteiger partial charge in [0.15, 0.2) is 11.5 Å². The molecule has 0 spiro atoms. The van der Waals surface area contributed by atoms with Crippen LogP contribution in [-0.2, 0) is 6.42 Å². The Morgan fingerprint density at radius 2 is 1.83 bits per heavy atom. The summed E-state index contributed by atoms with van der Waals surface area (Å²) in [6.07, 6.45) is 2.85. The molecule has 18 heavy (non-hydrogen) atoms. The number of rotatable bonds is 5. The van der Waals surface area contributed by atoms with Crippen LogP contribution in [0.3, 0.4) is 0 Å². The second kappa shape index (κ2) is 6.45. The van der Waals surface area contributed by atoms with Gasteiger partial charge in [-0.25, -0.2) is 0 Å². The predicted octanol–water partition coefficient (Wildman–Crippen LogP) is 3.02. The number of benzene rings is 1. The fraction of sp³-hybridized carbons (Fsp3) is 0.467. The highest BCUT2D eigenvalue weighted by atomic mass is 16.5. The van der Waals surface area contributed by atoms with E-state index in [9.17, 15) is 0 Å². The standard InChI is InChI=1S/C15H23NO2/c1-10(2)8-12-6-7-13(9-11(3)16)15(18-5)14(12)17-4/h6-8,11H,9,16H2,1-5H3. The van der Waals surface area contributed by atoms with E-state index in [2.05, 4.69) is 26.0 Å². The van der Waals surface area contributed by atoms with Crippen LogP contribution in [0.5, 0.6) is 11.5 Å². The zero-order valence-electron chi connectivity index (χ0n) is 11.9. The van der Waals surface area contributed by atoms with Gasteiger partial charge in [-0.15, -0.1) is 0 Å². The summed E-state index contributed by atoms with van der Waals surface area (Å²) in [5.74, 6) is 1.56. The van der Waals surface area contributed by atoms with Crippen molar-refractivity contribution in [3.8, 4) is 11.5 Å². The average molecular weight is 249 g/mol. The minimum absolute atomic E-state index is 0.0953. The first kappa shape index (κ1) is 14.6. The van der Waals surface area contributed by atoms with Crippen LogP contribution in [0, 0.1) is 0 Å². The van der Waals surface area contributed by atoms with Crippen molar-refractivity contribution in [1.29, 1.82) is 0 Å². The molecule has 0 fully saturated rings. The van der Waals surface area contributed by atoms with Gasteiger partial charge in [-0.05, 0) is 32.8 Å². The molecule has 2 N–H and O–H groups in total. The molecule has 0 radical (unpaired) electrons. The van der Waals surface area contributed by atoms with Gasteiger partial charge in [0, 0.05) is 11.6 Å². The Morgan fingerprint density at radius 1 is 1.22 bits per heavy atom. The first-order chi connectivity index (χ1) is 8.49. The number of hydrogen-bond donors (Lipinski definition) is 1. The highest BCUT2D eigenvalue weighted by Crippen LogP contribution is 2.36. The lowest BCUT2D eigenvalue weighted by Crippen LogP contribution is -2.18. The quantitative estimate of drug-likeness (QED) is 0.872. The van der Waals surface area contributed by atoms with Crippen molar-refractivity contribution < 1.29 is 9.47 Å². The van der Waals surface area contributed by atoms with Gasteiger partial charge in [0.05, 0.1) is 14.2 Å². The SMILES string of the molecule is COc1c(C=C(C)C)ccc(CC(C)N)c1OC. The molecule has 1 atom stereocenters. The first-order valence-corrected chi connectivity index (χ1v) is 6.14. The van der Waals surface area contributed by atoms with Crippen LogP contribution >= 0.6 is 0 Å². The monoisotopic (exact) mass is 249 g/mol. The highest BCUT2D eigenvalue weighted by molar-refractivity contribution is 5.65. The lowest BCUT2D eigenvalue weighted by molar-refractivity contribution is 0.350. The second-order valence-electron chi connectivity index (χ2n) is 4.78. The predicted molar refractivity (Wildman–Crippen MR) is 76.2 cm³/mol. The third kappa shape index (κ3) is 3.50. The van der Waals surface area contributed by atoms with E-state index in [1.807, 2.05) is 13.0 Å². The van der Waals surface area contributed by atoms with Crippen molar-refractivity contribution in [2.24, 2.45) is 5.73 Å². The van der Waals surface area contributed by atoms with E-state index in [-0.39, 0.29) is 6.04 Å². The maximum absolute atomic E-state index is 5.85. The number of ether oxygens (including phenoxy) is 2. The van der Waals surface area contributed by atoms with Crippen LogP contribution in [0.15, 0.2) is 17.7 Å². The Kier molecular flexibility index (Phi) is 5.23. The molecule has 0 saturated carbocycles. The summed E-state index contributed by atoms with van der Waals surface area (Å²) in [4.78, 5) is 0. The normalized spacial score (nSPS) is 11.9. The van der Waals surface area contributed by atoms with Gasteiger partial charge in [-0.1, -0.05) is 23.8 Å². The average Bonchev–Trinajstić information content (AvgIpc) is 2.29. The number of nitrogens with two attached hydrogens (primary N) is 1. The van der Waals surface area contributed by atoms with E-state index in [1.165, 1.54) is 5.57 Å². The molecule has 0 amide bonds. The number of hydrogen-bond acceptors (Lipinski definition) is 3. The number of methoxy groups -OCH3 is 2. The van der Waals surface area contributed by atoms with Crippen LogP contribution < -0.4 is 15.2 Å². The molecule has 0 bridgehead atoms. The van der Waals surface area contributed by atoms with E-state index in [0.29, 0.717) is 0 Å². The third-order valence-corrected chi connectivity index (χ3v) is 2.62. The van der Waals surface area contributed by atoms with Gasteiger partial charge in [-0.3, -0.25) is 0 Å². The molecule has 3 heteroatoms. The molecule has 1 unspecified atom stereocenters. The largest absolute Gasteiger partial charge is 0.493 e. The fourth-order valence-corrected chi connectivity index (χ4v) is 1.99. The van der Waals surface area contributed by atoms with E-state index in [0.717, 1.165) is 29.0 Å². The summed E-state index contributed by atoms with van der Waals surface area (Å²) >= 11 is 0. The molecule has 0 heterocycles. The topological polar surface area (TPSA) is 44.5 Å². The molecule has 100 valence electrons. The summed E-state index contributed by atoms with van der Waals surface area (Å²) in [5, 5.41) is 0. The molecule has 1 rings (SSSR count). The molecule has 0 aromatic heterocycles. The molecule has 0 aliphatic rings. The highest BCUT2D eigenvalue weighted by Gasteiger charge is 2.14. The Balaban J connectivity index is 3.31. The lowest BCUT2D eigenvalue weighted by Gasteiger charge is -2.16. The smallest absolute Gasteiger partial charge is 0.168 e. The maximum Gasteiger partial charge on any atom is 0.168 e. The Labute approximate surface area is 110 Å². The van der Waals surface area contributed by atoms with Crippen LogP contribution in [0.2, 0.25) is 0 Å². The van der Waals surface area contributed by atoms with E-state index < -0.39 is 0 Å². The van der Waals surface area contributed by atoms with Crippen molar-refractivity contribution in [1.82, 2.24) is 0 Å². The van der Waals surface area contributed by atoms with E-state index in [4.69, 9.17) is 15.2 Å². The minimum Gasteiger partial charge on any atom is -0.493 e. The van der Waals surface area contributed by atoms with Crippen LogP contribution in [0.25, 0.3) is 6.08 Å². The van der Waals surface area contributed by atoms with Crippen LogP contribution in [0.1, 0.15) is 31.9 Å². The summed E-state index contributed by atoms with van der Waals surface area (Å²) in [6.45, 7) is 6.10. The van der Waals surface area contributed by atoms with Crippen LogP contribution in [-0.4, -0.2) is 20.3 Å². The van der Waals surface area contributed by atoms with Gasteiger partial charge >= 0.3 is 0 Å². The lowest BCUT2D eigenvalue weighted by atomic mass is 10.0. The van der Waals surface area contributed by atoms with Gasteiger partial charge in [0.1, 0.15) is 0 Å². The Morgan fingerprint density at radius 3 is 2.28 bits per heavy atom. The third-order valence-electron chi connectivity index (χ3n) is 2.62. The van der Waals surface area contributed by atoms with Crippen molar-refractivity contribution in [3.63, 3.8) is 0 Å². The molecule has 1 aromatic rings. The zero-order chi connectivity index (χ0) is 13.7. The van der Waals surface area contributed by atoms with E-state index >= 15 is 0 Å². The molecule has 0 saturated heterocycles. The van der Waals surface area contributed by atoms with Crippen molar-refractivity contribution in [2.45, 2.75) is 33.2 Å². The summed E-state index contributed by atoms with van der Waals surface area (Å²) < 4.78 is 11.0. The van der Waals surface area contributed by atoms with Gasteiger partial charge in [-0.2, -0.15) is 0 Å². The van der Waals surface area contributed by atoms with Crippen LogP contribution in [0.4, 0.5) is 0 Å². The summed E-state index contributed by atoms with van der Waals surface area (Å²) in [5.41, 5.74) is 9.18. The van der Waals surface area contributed by atoms with Crippen molar-refractivity contribution in [3.05, 3.63) is 28.8 Å². The molecule has 0 aliphatic carbocycles. The summed E-state index contributed by atoms with van der Waals surface area (Å²) in [6, 6.07) is 4.20. The Hall–Kier alpha value is -1.48. The maximum atomic E-state index is 5.85. The minimum atomic E-state index is 0.0953. The van der Waals surface area contributed by atoms with Crippen molar-refractivity contribution >= 4 is 6.08 Å². The Bertz CT molecular complexity index is 432. The van der Waals surface area contributed by atoms with E-state index in [1.54, 1.807) is 14.2 Å². The molecule has 3 nitrogen and oxygen atoms in total. The molecular formula is C15H23NO2. The number of allylic oxidation sites excluding steroid dienone is 1. The zero-order valence-corrected chi connectivity index (χ0v) is 11.9. The molecule has 0 aliphatic heterocycles. The van der Waals surface area contributed by atoms with Gasteiger partial charge in [0.25, 0.3) is 0 Å². The second-order valence-corrected chi connectivity index (χ2v) is 4.78. The van der Waals surface area contributed by atoms with Gasteiger partial charge < -0.3 is 15.2 Å². The molecular weight excluding hydrogens is 226 g/mol. The fourth-order valence-electron chi connectivity index (χ4n) is 1.99. The molecule has 1 aromatic carbocycles. The van der Waals surface area contributed by atoms with Gasteiger partial charge in [0.2, 0.25) is 0 Å².